The number of piperazine rings is 1. The monoisotopic (exact) mass is 441 g/mol. The molecule has 32 heavy (non-hydrogen) atoms. The van der Waals surface area contributed by atoms with E-state index in [9.17, 15) is 13.6 Å². The van der Waals surface area contributed by atoms with E-state index in [1.807, 2.05) is 36.1 Å². The molecule has 0 bridgehead atoms. The molecule has 0 atom stereocenters. The number of nitrogens with zero attached hydrogens (tertiary/aromatic N) is 3. The molecule has 0 radical (unpaired) electrons. The summed E-state index contributed by atoms with van der Waals surface area (Å²) >= 11 is 0. The van der Waals surface area contributed by atoms with Gasteiger partial charge in [-0.25, -0.2) is 8.78 Å². The lowest BCUT2D eigenvalue weighted by atomic mass is 10.1. The predicted molar refractivity (Wildman–Crippen MR) is 114 cm³/mol. The number of aryl methyl sites for hydroxylation is 2. The second kappa shape index (κ2) is 9.48. The van der Waals surface area contributed by atoms with Crippen molar-refractivity contribution in [2.45, 2.75) is 27.0 Å². The Labute approximate surface area is 185 Å². The minimum Gasteiger partial charge on any atom is -0.489 e. The van der Waals surface area contributed by atoms with E-state index in [0.29, 0.717) is 55.4 Å². The van der Waals surface area contributed by atoms with E-state index in [-0.39, 0.29) is 18.2 Å². The third-order valence-electron chi connectivity index (χ3n) is 5.64. The van der Waals surface area contributed by atoms with E-state index < -0.39 is 11.6 Å². The van der Waals surface area contributed by atoms with E-state index in [0.717, 1.165) is 11.6 Å². The van der Waals surface area contributed by atoms with Gasteiger partial charge in [-0.1, -0.05) is 29.4 Å². The fourth-order valence-corrected chi connectivity index (χ4v) is 3.76. The van der Waals surface area contributed by atoms with E-state index in [2.05, 4.69) is 5.16 Å². The Morgan fingerprint density at radius 2 is 1.84 bits per heavy atom. The van der Waals surface area contributed by atoms with Crippen molar-refractivity contribution in [1.29, 1.82) is 0 Å². The molecule has 2 aromatic carbocycles. The summed E-state index contributed by atoms with van der Waals surface area (Å²) in [4.78, 5) is 16.8. The highest BCUT2D eigenvalue weighted by Crippen LogP contribution is 2.21. The van der Waals surface area contributed by atoms with E-state index in [4.69, 9.17) is 9.26 Å². The van der Waals surface area contributed by atoms with Crippen LogP contribution >= 0.6 is 0 Å². The first-order valence-electron chi connectivity index (χ1n) is 10.5. The van der Waals surface area contributed by atoms with Gasteiger partial charge in [0.05, 0.1) is 5.56 Å². The summed E-state index contributed by atoms with van der Waals surface area (Å²) in [7, 11) is 0. The molecule has 2 heterocycles. The van der Waals surface area contributed by atoms with E-state index in [1.54, 1.807) is 17.9 Å². The number of ether oxygens (including phenoxy) is 1. The molecule has 0 N–H and O–H groups in total. The van der Waals surface area contributed by atoms with Gasteiger partial charge in [-0.05, 0) is 37.6 Å². The molecule has 1 saturated heterocycles. The second-order valence-corrected chi connectivity index (χ2v) is 7.95. The molecular weight excluding hydrogens is 416 g/mol. The van der Waals surface area contributed by atoms with Gasteiger partial charge in [0.1, 0.15) is 18.1 Å². The normalized spacial score (nSPS) is 14.6. The molecule has 1 aliphatic heterocycles. The number of hydrogen-bond acceptors (Lipinski definition) is 5. The number of carbonyl (C=O) groups excluding carboxylic acids is 1. The fourth-order valence-electron chi connectivity index (χ4n) is 3.76. The quantitative estimate of drug-likeness (QED) is 0.576. The zero-order valence-electron chi connectivity index (χ0n) is 18.1. The Balaban J connectivity index is 1.37. The van der Waals surface area contributed by atoms with Crippen LogP contribution in [-0.2, 0) is 13.2 Å². The highest BCUT2D eigenvalue weighted by Gasteiger charge is 2.28. The molecule has 168 valence electrons. The summed E-state index contributed by atoms with van der Waals surface area (Å²) in [6, 6.07) is 11.9. The van der Waals surface area contributed by atoms with Crippen molar-refractivity contribution < 1.29 is 22.8 Å². The van der Waals surface area contributed by atoms with Crippen molar-refractivity contribution in [1.82, 2.24) is 15.0 Å². The topological polar surface area (TPSA) is 58.8 Å². The maximum Gasteiger partial charge on any atom is 0.276 e. The molecule has 1 aliphatic rings. The van der Waals surface area contributed by atoms with Crippen LogP contribution in [0, 0.1) is 25.5 Å². The van der Waals surface area contributed by atoms with Crippen molar-refractivity contribution in [3.05, 3.63) is 82.2 Å². The Kier molecular flexibility index (Phi) is 6.50. The number of carbonyl (C=O) groups is 1. The third kappa shape index (κ3) is 4.80. The first kappa shape index (κ1) is 22.0. The summed E-state index contributed by atoms with van der Waals surface area (Å²) < 4.78 is 38.5. The van der Waals surface area contributed by atoms with Gasteiger partial charge in [-0.15, -0.1) is 0 Å². The van der Waals surface area contributed by atoms with Crippen LogP contribution in [0.3, 0.4) is 0 Å². The van der Waals surface area contributed by atoms with Crippen LogP contribution in [-0.4, -0.2) is 47.0 Å². The van der Waals surface area contributed by atoms with Gasteiger partial charge in [0, 0.05) is 38.3 Å². The minimum atomic E-state index is -0.849. The number of halogens is 2. The summed E-state index contributed by atoms with van der Waals surface area (Å²) in [6.45, 7) is 6.23. The fraction of sp³-hybridized carbons (Fsp3) is 0.333. The molecule has 4 rings (SSSR count). The van der Waals surface area contributed by atoms with Crippen molar-refractivity contribution in [2.24, 2.45) is 0 Å². The van der Waals surface area contributed by atoms with E-state index in [1.165, 1.54) is 6.07 Å². The summed E-state index contributed by atoms with van der Waals surface area (Å²) in [5, 5.41) is 3.98. The average molecular weight is 441 g/mol. The van der Waals surface area contributed by atoms with Gasteiger partial charge in [-0.3, -0.25) is 9.69 Å². The Morgan fingerprint density at radius 1 is 1.09 bits per heavy atom. The molecule has 1 fully saturated rings. The summed E-state index contributed by atoms with van der Waals surface area (Å²) in [6.07, 6.45) is 0. The van der Waals surface area contributed by atoms with Crippen molar-refractivity contribution in [2.75, 3.05) is 26.2 Å². The van der Waals surface area contributed by atoms with Gasteiger partial charge in [-0.2, -0.15) is 0 Å². The average Bonchev–Trinajstić information content (AvgIpc) is 3.16. The standard InChI is InChI=1S/C24H25F2N3O3/c1-16-5-3-7-19(13-16)31-15-20-17(2)32-27-23(20)24(30)29-11-9-28(10-12-29)14-18-6-4-8-21(25)22(18)26/h3-8,13H,9-12,14-15H2,1-2H3. The lowest BCUT2D eigenvalue weighted by Gasteiger charge is -2.34. The van der Waals surface area contributed by atoms with Crippen LogP contribution < -0.4 is 4.74 Å². The first-order valence-corrected chi connectivity index (χ1v) is 10.5. The van der Waals surface area contributed by atoms with Crippen LogP contribution in [0.4, 0.5) is 8.78 Å². The lowest BCUT2D eigenvalue weighted by molar-refractivity contribution is 0.0614. The van der Waals surface area contributed by atoms with Crippen molar-refractivity contribution in [3.63, 3.8) is 0 Å². The van der Waals surface area contributed by atoms with Gasteiger partial charge >= 0.3 is 0 Å². The molecule has 0 unspecified atom stereocenters. The largest absolute Gasteiger partial charge is 0.489 e. The van der Waals surface area contributed by atoms with Gasteiger partial charge < -0.3 is 14.2 Å². The van der Waals surface area contributed by atoms with Gasteiger partial charge in [0.15, 0.2) is 17.3 Å². The van der Waals surface area contributed by atoms with Crippen LogP contribution in [0.2, 0.25) is 0 Å². The molecule has 1 aromatic heterocycles. The SMILES string of the molecule is Cc1cccc(OCc2c(C(=O)N3CCN(Cc4cccc(F)c4F)CC3)noc2C)c1. The molecule has 0 aliphatic carbocycles. The first-order chi connectivity index (χ1) is 15.4. The Hall–Kier alpha value is -3.26. The highest BCUT2D eigenvalue weighted by atomic mass is 19.2. The van der Waals surface area contributed by atoms with Crippen molar-refractivity contribution in [3.8, 4) is 5.75 Å². The number of aromatic nitrogens is 1. The van der Waals surface area contributed by atoms with Crippen LogP contribution in [0.1, 0.15) is 32.9 Å². The molecule has 0 spiro atoms. The van der Waals surface area contributed by atoms with Crippen LogP contribution in [0.15, 0.2) is 47.0 Å². The van der Waals surface area contributed by atoms with E-state index >= 15 is 0 Å². The van der Waals surface area contributed by atoms with Gasteiger partial charge in [0.2, 0.25) is 0 Å². The van der Waals surface area contributed by atoms with Crippen LogP contribution in [0.5, 0.6) is 5.75 Å². The minimum absolute atomic E-state index is 0.179. The Morgan fingerprint density at radius 3 is 2.59 bits per heavy atom. The highest BCUT2D eigenvalue weighted by molar-refractivity contribution is 5.93. The zero-order chi connectivity index (χ0) is 22.7. The third-order valence-corrected chi connectivity index (χ3v) is 5.64. The summed E-state index contributed by atoms with van der Waals surface area (Å²) in [5.41, 5.74) is 2.27. The van der Waals surface area contributed by atoms with Crippen LogP contribution in [0.25, 0.3) is 0 Å². The molecule has 0 saturated carbocycles. The number of rotatable bonds is 6. The second-order valence-electron chi connectivity index (χ2n) is 7.95. The number of benzene rings is 2. The molecule has 3 aromatic rings. The molecule has 8 heteroatoms. The zero-order valence-corrected chi connectivity index (χ0v) is 18.1. The maximum atomic E-state index is 14.0. The summed E-state index contributed by atoms with van der Waals surface area (Å²) in [5.74, 6) is -0.634. The van der Waals surface area contributed by atoms with Crippen molar-refractivity contribution >= 4 is 5.91 Å². The number of amides is 1. The van der Waals surface area contributed by atoms with Gasteiger partial charge in [0.25, 0.3) is 5.91 Å². The molecule has 6 nitrogen and oxygen atoms in total. The lowest BCUT2D eigenvalue weighted by Crippen LogP contribution is -2.48. The predicted octanol–water partition coefficient (Wildman–Crippen LogP) is 4.11. The maximum absolute atomic E-state index is 14.0. The smallest absolute Gasteiger partial charge is 0.276 e. The molecule has 1 amide bonds. The number of hydrogen-bond donors (Lipinski definition) is 0. The molecular formula is C24H25F2N3O3. The Bertz CT molecular complexity index is 1110.